The number of thioether (sulfide) groups is 1. The Balaban J connectivity index is 1.20. The second kappa shape index (κ2) is 6.76. The summed E-state index contributed by atoms with van der Waals surface area (Å²) in [7, 11) is 0. The molecule has 0 aliphatic heterocycles. The molecule has 4 fully saturated rings. The van der Waals surface area contributed by atoms with Gasteiger partial charge in [-0.05, 0) is 67.9 Å². The molecule has 4 bridgehead atoms. The van der Waals surface area contributed by atoms with Gasteiger partial charge in [-0.25, -0.2) is 4.79 Å². The van der Waals surface area contributed by atoms with Crippen LogP contribution in [0.5, 0.6) is 0 Å². The highest BCUT2D eigenvalue weighted by atomic mass is 32.2. The van der Waals surface area contributed by atoms with E-state index in [0.717, 1.165) is 36.0 Å². The van der Waals surface area contributed by atoms with Gasteiger partial charge in [0, 0.05) is 23.2 Å². The molecule has 4 heteroatoms. The SMILES string of the molecule is O=C(NCCSc1ccccc1)NC1C2CC3CC(C2)CC1C3. The lowest BCUT2D eigenvalue weighted by molar-refractivity contribution is -0.00938. The minimum absolute atomic E-state index is 0.0381. The van der Waals surface area contributed by atoms with Crippen LogP contribution in [0.3, 0.4) is 0 Å². The van der Waals surface area contributed by atoms with E-state index in [1.54, 1.807) is 11.8 Å². The normalized spacial score (nSPS) is 34.3. The molecule has 3 nitrogen and oxygen atoms in total. The van der Waals surface area contributed by atoms with Crippen molar-refractivity contribution < 1.29 is 4.79 Å². The highest BCUT2D eigenvalue weighted by molar-refractivity contribution is 7.99. The summed E-state index contributed by atoms with van der Waals surface area (Å²) in [6.07, 6.45) is 6.86. The Bertz CT molecular complexity index is 520. The van der Waals surface area contributed by atoms with Gasteiger partial charge in [0.1, 0.15) is 0 Å². The van der Waals surface area contributed by atoms with Gasteiger partial charge in [-0.2, -0.15) is 0 Å². The Hall–Kier alpha value is -1.16. The number of benzene rings is 1. The molecule has 1 aromatic carbocycles. The first-order valence-electron chi connectivity index (χ1n) is 9.00. The Kier molecular flexibility index (Phi) is 4.52. The topological polar surface area (TPSA) is 41.1 Å². The van der Waals surface area contributed by atoms with Crippen molar-refractivity contribution in [2.45, 2.75) is 43.0 Å². The first kappa shape index (κ1) is 15.4. The molecule has 2 N–H and O–H groups in total. The van der Waals surface area contributed by atoms with Crippen LogP contribution < -0.4 is 10.6 Å². The number of carbonyl (C=O) groups excluding carboxylic acids is 1. The number of carbonyl (C=O) groups is 1. The number of rotatable bonds is 5. The fraction of sp³-hybridized carbons (Fsp3) is 0.632. The first-order valence-corrected chi connectivity index (χ1v) is 9.98. The zero-order valence-electron chi connectivity index (χ0n) is 13.5. The van der Waals surface area contributed by atoms with Gasteiger partial charge < -0.3 is 10.6 Å². The third-order valence-electron chi connectivity index (χ3n) is 5.92. The fourth-order valence-electron chi connectivity index (χ4n) is 5.21. The van der Waals surface area contributed by atoms with Gasteiger partial charge in [-0.1, -0.05) is 18.2 Å². The molecule has 0 aromatic heterocycles. The lowest BCUT2D eigenvalue weighted by atomic mass is 9.54. The molecule has 124 valence electrons. The van der Waals surface area contributed by atoms with E-state index >= 15 is 0 Å². The molecule has 5 rings (SSSR count). The summed E-state index contributed by atoms with van der Waals surface area (Å²) in [5.41, 5.74) is 0. The number of hydrogen-bond donors (Lipinski definition) is 2. The molecule has 4 aliphatic carbocycles. The number of amides is 2. The predicted molar refractivity (Wildman–Crippen MR) is 94.5 cm³/mol. The standard InChI is InChI=1S/C19H26N2OS/c22-19(20-6-7-23-17-4-2-1-3-5-17)21-18-15-9-13-8-14(11-15)12-16(18)10-13/h1-5,13-16,18H,6-12H2,(H2,20,21,22). The van der Waals surface area contributed by atoms with Crippen molar-refractivity contribution in [2.24, 2.45) is 23.7 Å². The van der Waals surface area contributed by atoms with Crippen LogP contribution in [-0.2, 0) is 0 Å². The summed E-state index contributed by atoms with van der Waals surface area (Å²) in [5.74, 6) is 4.33. The van der Waals surface area contributed by atoms with Crippen molar-refractivity contribution in [1.29, 1.82) is 0 Å². The van der Waals surface area contributed by atoms with E-state index in [0.29, 0.717) is 6.04 Å². The average Bonchev–Trinajstić information content (AvgIpc) is 2.55. The summed E-state index contributed by atoms with van der Waals surface area (Å²) >= 11 is 1.79. The smallest absolute Gasteiger partial charge is 0.315 e. The van der Waals surface area contributed by atoms with E-state index in [4.69, 9.17) is 0 Å². The first-order chi connectivity index (χ1) is 11.3. The van der Waals surface area contributed by atoms with Crippen LogP contribution in [0.1, 0.15) is 32.1 Å². The fourth-order valence-corrected chi connectivity index (χ4v) is 6.00. The third kappa shape index (κ3) is 3.52. The zero-order valence-corrected chi connectivity index (χ0v) is 14.4. The Morgan fingerprint density at radius 1 is 1.00 bits per heavy atom. The van der Waals surface area contributed by atoms with E-state index in [2.05, 4.69) is 34.9 Å². The molecule has 0 unspecified atom stereocenters. The molecule has 1 aromatic rings. The summed E-state index contributed by atoms with van der Waals surface area (Å²) in [6.45, 7) is 0.721. The van der Waals surface area contributed by atoms with Crippen molar-refractivity contribution in [3.8, 4) is 0 Å². The summed E-state index contributed by atoms with van der Waals surface area (Å²) in [5, 5.41) is 6.34. The van der Waals surface area contributed by atoms with Crippen LogP contribution in [0.15, 0.2) is 35.2 Å². The van der Waals surface area contributed by atoms with Crippen molar-refractivity contribution in [1.82, 2.24) is 10.6 Å². The van der Waals surface area contributed by atoms with Crippen molar-refractivity contribution in [3.05, 3.63) is 30.3 Å². The van der Waals surface area contributed by atoms with Crippen LogP contribution in [0.2, 0.25) is 0 Å². The highest BCUT2D eigenvalue weighted by Crippen LogP contribution is 2.53. The second-order valence-electron chi connectivity index (χ2n) is 7.52. The molecule has 2 amide bonds. The summed E-state index contributed by atoms with van der Waals surface area (Å²) in [4.78, 5) is 13.5. The van der Waals surface area contributed by atoms with Gasteiger partial charge in [-0.15, -0.1) is 11.8 Å². The van der Waals surface area contributed by atoms with Crippen LogP contribution in [0.4, 0.5) is 4.79 Å². The highest BCUT2D eigenvalue weighted by Gasteiger charge is 2.48. The molecular formula is C19H26N2OS. The van der Waals surface area contributed by atoms with Crippen molar-refractivity contribution in [3.63, 3.8) is 0 Å². The number of nitrogens with one attached hydrogen (secondary N) is 2. The summed E-state index contributed by atoms with van der Waals surface area (Å²) < 4.78 is 0. The molecule has 0 spiro atoms. The second-order valence-corrected chi connectivity index (χ2v) is 8.69. The Morgan fingerprint density at radius 3 is 2.30 bits per heavy atom. The molecule has 0 saturated heterocycles. The van der Waals surface area contributed by atoms with Crippen molar-refractivity contribution >= 4 is 17.8 Å². The number of urea groups is 1. The molecule has 0 radical (unpaired) electrons. The summed E-state index contributed by atoms with van der Waals surface area (Å²) in [6, 6.07) is 10.8. The number of hydrogen-bond acceptors (Lipinski definition) is 2. The monoisotopic (exact) mass is 330 g/mol. The van der Waals surface area contributed by atoms with Gasteiger partial charge in [-0.3, -0.25) is 0 Å². The molecule has 23 heavy (non-hydrogen) atoms. The van der Waals surface area contributed by atoms with Crippen LogP contribution in [-0.4, -0.2) is 24.4 Å². The lowest BCUT2D eigenvalue weighted by Crippen LogP contribution is -2.57. The van der Waals surface area contributed by atoms with Gasteiger partial charge >= 0.3 is 6.03 Å². The van der Waals surface area contributed by atoms with E-state index in [1.807, 2.05) is 6.07 Å². The van der Waals surface area contributed by atoms with Gasteiger partial charge in [0.15, 0.2) is 0 Å². The molecule has 4 saturated carbocycles. The molecule has 0 atom stereocenters. The molecule has 0 heterocycles. The maximum Gasteiger partial charge on any atom is 0.315 e. The minimum atomic E-state index is 0.0381. The predicted octanol–water partition coefficient (Wildman–Crippen LogP) is 3.90. The maximum atomic E-state index is 12.2. The van der Waals surface area contributed by atoms with Crippen LogP contribution in [0, 0.1) is 23.7 Å². The van der Waals surface area contributed by atoms with Crippen LogP contribution >= 0.6 is 11.8 Å². The van der Waals surface area contributed by atoms with Gasteiger partial charge in [0.2, 0.25) is 0 Å². The van der Waals surface area contributed by atoms with Crippen molar-refractivity contribution in [2.75, 3.05) is 12.3 Å². The van der Waals surface area contributed by atoms with E-state index < -0.39 is 0 Å². The Morgan fingerprint density at radius 2 is 1.65 bits per heavy atom. The van der Waals surface area contributed by atoms with Gasteiger partial charge in [0.25, 0.3) is 0 Å². The minimum Gasteiger partial charge on any atom is -0.337 e. The van der Waals surface area contributed by atoms with E-state index in [1.165, 1.54) is 37.0 Å². The van der Waals surface area contributed by atoms with E-state index in [-0.39, 0.29) is 6.03 Å². The molecule has 4 aliphatic rings. The van der Waals surface area contributed by atoms with Crippen LogP contribution in [0.25, 0.3) is 0 Å². The van der Waals surface area contributed by atoms with E-state index in [9.17, 15) is 4.79 Å². The maximum absolute atomic E-state index is 12.2. The largest absolute Gasteiger partial charge is 0.337 e. The Labute approximate surface area is 143 Å². The molecular weight excluding hydrogens is 304 g/mol. The van der Waals surface area contributed by atoms with Gasteiger partial charge in [0.05, 0.1) is 0 Å². The third-order valence-corrected chi connectivity index (χ3v) is 6.94. The zero-order chi connectivity index (χ0) is 15.6. The quantitative estimate of drug-likeness (QED) is 0.635. The average molecular weight is 330 g/mol. The lowest BCUT2D eigenvalue weighted by Gasteiger charge is -2.54.